The molecule has 1 spiro atoms. The van der Waals surface area contributed by atoms with E-state index in [1.165, 1.54) is 4.90 Å². The summed E-state index contributed by atoms with van der Waals surface area (Å²) in [6.07, 6.45) is 4.30. The van der Waals surface area contributed by atoms with Crippen LogP contribution in [0.25, 0.3) is 0 Å². The lowest BCUT2D eigenvalue weighted by Crippen LogP contribution is -2.50. The summed E-state index contributed by atoms with van der Waals surface area (Å²) in [5.41, 5.74) is 0.995. The molecule has 6 nitrogen and oxygen atoms in total. The molecule has 1 saturated heterocycles. The Morgan fingerprint density at radius 1 is 1.31 bits per heavy atom. The van der Waals surface area contributed by atoms with Gasteiger partial charge in [-0.25, -0.2) is 4.79 Å². The molecule has 1 aliphatic carbocycles. The van der Waals surface area contributed by atoms with Gasteiger partial charge in [0, 0.05) is 12.7 Å². The topological polar surface area (TPSA) is 69.7 Å². The van der Waals surface area contributed by atoms with E-state index in [1.54, 1.807) is 7.05 Å². The zero-order valence-electron chi connectivity index (χ0n) is 15.7. The molecular weight excluding hydrogens is 330 g/mol. The molecule has 1 N–H and O–H groups in total. The molecule has 1 heterocycles. The first-order chi connectivity index (χ1) is 12.4. The first-order valence-corrected chi connectivity index (χ1v) is 9.33. The first-order valence-electron chi connectivity index (χ1n) is 9.33. The Labute approximate surface area is 154 Å². The quantitative estimate of drug-likeness (QED) is 0.843. The maximum atomic E-state index is 12.9. The van der Waals surface area contributed by atoms with E-state index < -0.39 is 11.6 Å². The average molecular weight is 357 g/mol. The molecule has 1 aliphatic heterocycles. The lowest BCUT2D eigenvalue weighted by molar-refractivity contribution is -0.135. The van der Waals surface area contributed by atoms with E-state index in [0.717, 1.165) is 35.4 Å². The second-order valence-corrected chi connectivity index (χ2v) is 7.55. The second-order valence-electron chi connectivity index (χ2n) is 7.55. The second kappa shape index (κ2) is 7.09. The number of benzene rings is 1. The molecule has 3 rings (SSSR count). The highest BCUT2D eigenvalue weighted by Crippen LogP contribution is 2.37. The molecule has 0 unspecified atom stereocenters. The standard InChI is InChI=1S/C20H27N3O3/c1-4-15-8-10-20(11-9-15)18(25)23(19(26)21-20)13-17(24)22(3)16-7-5-6-14(2)12-16/h5-7,12,15H,4,8-11,13H2,1-3H3,(H,21,26). The van der Waals surface area contributed by atoms with Crippen molar-refractivity contribution in [2.24, 2.45) is 5.92 Å². The van der Waals surface area contributed by atoms with Gasteiger partial charge in [0.2, 0.25) is 5.91 Å². The van der Waals surface area contributed by atoms with Gasteiger partial charge in [-0.15, -0.1) is 0 Å². The fraction of sp³-hybridized carbons (Fsp3) is 0.550. The van der Waals surface area contributed by atoms with Crippen LogP contribution in [0.5, 0.6) is 0 Å². The maximum absolute atomic E-state index is 12.9. The molecular formula is C20H27N3O3. The third kappa shape index (κ3) is 3.32. The number of likely N-dealkylation sites (N-methyl/N-ethyl adjacent to an activating group) is 1. The van der Waals surface area contributed by atoms with Crippen LogP contribution in [0.2, 0.25) is 0 Å². The highest BCUT2D eigenvalue weighted by atomic mass is 16.2. The van der Waals surface area contributed by atoms with Gasteiger partial charge >= 0.3 is 6.03 Å². The van der Waals surface area contributed by atoms with Gasteiger partial charge in [0.05, 0.1) is 0 Å². The van der Waals surface area contributed by atoms with Crippen molar-refractivity contribution in [3.8, 4) is 0 Å². The third-order valence-corrected chi connectivity index (χ3v) is 5.84. The number of anilines is 1. The van der Waals surface area contributed by atoms with Gasteiger partial charge in [-0.1, -0.05) is 25.5 Å². The summed E-state index contributed by atoms with van der Waals surface area (Å²) in [4.78, 5) is 40.5. The Balaban J connectivity index is 1.69. The van der Waals surface area contributed by atoms with Crippen molar-refractivity contribution in [1.82, 2.24) is 10.2 Å². The van der Waals surface area contributed by atoms with Gasteiger partial charge in [-0.05, 0) is 56.2 Å². The molecule has 1 aromatic rings. The number of carbonyl (C=O) groups is 3. The van der Waals surface area contributed by atoms with Crippen LogP contribution < -0.4 is 10.2 Å². The fourth-order valence-electron chi connectivity index (χ4n) is 3.96. The summed E-state index contributed by atoms with van der Waals surface area (Å²) in [7, 11) is 1.66. The van der Waals surface area contributed by atoms with Gasteiger partial charge in [0.25, 0.3) is 5.91 Å². The van der Waals surface area contributed by atoms with Gasteiger partial charge in [-0.2, -0.15) is 0 Å². The van der Waals surface area contributed by atoms with Crippen LogP contribution in [0.15, 0.2) is 24.3 Å². The predicted octanol–water partition coefficient (Wildman–Crippen LogP) is 2.85. The van der Waals surface area contributed by atoms with Crippen molar-refractivity contribution in [2.45, 2.75) is 51.5 Å². The number of carbonyl (C=O) groups excluding carboxylic acids is 3. The number of imide groups is 1. The first kappa shape index (κ1) is 18.4. The Morgan fingerprint density at radius 2 is 2.00 bits per heavy atom. The monoisotopic (exact) mass is 357 g/mol. The van der Waals surface area contributed by atoms with Crippen molar-refractivity contribution >= 4 is 23.5 Å². The van der Waals surface area contributed by atoms with E-state index in [-0.39, 0.29) is 18.4 Å². The molecule has 1 aromatic carbocycles. The molecule has 0 atom stereocenters. The molecule has 2 aliphatic rings. The molecule has 0 aromatic heterocycles. The minimum absolute atomic E-state index is 0.228. The SMILES string of the molecule is CCC1CCC2(CC1)NC(=O)N(CC(=O)N(C)c1cccc(C)c1)C2=O. The van der Waals surface area contributed by atoms with E-state index in [0.29, 0.717) is 18.8 Å². The number of urea groups is 1. The Hall–Kier alpha value is -2.37. The maximum Gasteiger partial charge on any atom is 0.325 e. The molecule has 0 bridgehead atoms. The van der Waals surface area contributed by atoms with Gasteiger partial charge < -0.3 is 10.2 Å². The molecule has 2 fully saturated rings. The summed E-state index contributed by atoms with van der Waals surface area (Å²) >= 11 is 0. The van der Waals surface area contributed by atoms with Crippen LogP contribution in [0.4, 0.5) is 10.5 Å². The zero-order valence-corrected chi connectivity index (χ0v) is 15.7. The Kier molecular flexibility index (Phi) is 5.03. The molecule has 26 heavy (non-hydrogen) atoms. The number of hydrogen-bond acceptors (Lipinski definition) is 3. The highest BCUT2D eigenvalue weighted by Gasteiger charge is 2.52. The summed E-state index contributed by atoms with van der Waals surface area (Å²) in [6.45, 7) is 3.88. The summed E-state index contributed by atoms with van der Waals surface area (Å²) in [6, 6.07) is 7.12. The van der Waals surface area contributed by atoms with E-state index in [4.69, 9.17) is 0 Å². The summed E-state index contributed by atoms with van der Waals surface area (Å²) in [5.74, 6) is 0.0925. The van der Waals surface area contributed by atoms with Crippen LogP contribution in [0.1, 0.15) is 44.6 Å². The van der Waals surface area contributed by atoms with Gasteiger partial charge in [0.1, 0.15) is 12.1 Å². The molecule has 0 radical (unpaired) electrons. The van der Waals surface area contributed by atoms with Crippen LogP contribution >= 0.6 is 0 Å². The minimum atomic E-state index is -0.801. The predicted molar refractivity (Wildman–Crippen MR) is 99.8 cm³/mol. The van der Waals surface area contributed by atoms with Crippen molar-refractivity contribution < 1.29 is 14.4 Å². The highest BCUT2D eigenvalue weighted by molar-refractivity contribution is 6.10. The van der Waals surface area contributed by atoms with Crippen LogP contribution in [-0.4, -0.2) is 41.9 Å². The minimum Gasteiger partial charge on any atom is -0.323 e. The lowest BCUT2D eigenvalue weighted by Gasteiger charge is -2.34. The summed E-state index contributed by atoms with van der Waals surface area (Å²) in [5, 5.41) is 2.87. The van der Waals surface area contributed by atoms with Gasteiger partial charge in [-0.3, -0.25) is 14.5 Å². The Bertz CT molecular complexity index is 723. The largest absolute Gasteiger partial charge is 0.325 e. The molecule has 6 heteroatoms. The third-order valence-electron chi connectivity index (χ3n) is 5.84. The smallest absolute Gasteiger partial charge is 0.323 e. The zero-order chi connectivity index (χ0) is 18.9. The number of amides is 4. The van der Waals surface area contributed by atoms with E-state index in [2.05, 4.69) is 12.2 Å². The fourth-order valence-corrected chi connectivity index (χ4v) is 3.96. The van der Waals surface area contributed by atoms with Crippen molar-refractivity contribution in [3.05, 3.63) is 29.8 Å². The number of rotatable bonds is 4. The number of nitrogens with zero attached hydrogens (tertiary/aromatic N) is 2. The van der Waals surface area contributed by atoms with Crippen LogP contribution in [0.3, 0.4) is 0 Å². The van der Waals surface area contributed by atoms with E-state index in [1.807, 2.05) is 31.2 Å². The number of nitrogens with one attached hydrogen (secondary N) is 1. The lowest BCUT2D eigenvalue weighted by atomic mass is 9.75. The molecule has 4 amide bonds. The summed E-state index contributed by atoms with van der Waals surface area (Å²) < 4.78 is 0. The average Bonchev–Trinajstić information content (AvgIpc) is 2.86. The van der Waals surface area contributed by atoms with E-state index >= 15 is 0 Å². The van der Waals surface area contributed by atoms with E-state index in [9.17, 15) is 14.4 Å². The Morgan fingerprint density at radius 3 is 2.62 bits per heavy atom. The molecule has 140 valence electrons. The normalized spacial score (nSPS) is 25.5. The van der Waals surface area contributed by atoms with Crippen molar-refractivity contribution in [2.75, 3.05) is 18.5 Å². The van der Waals surface area contributed by atoms with Crippen molar-refractivity contribution in [1.29, 1.82) is 0 Å². The molecule has 1 saturated carbocycles. The van der Waals surface area contributed by atoms with Crippen LogP contribution in [0, 0.1) is 12.8 Å². The number of hydrogen-bond donors (Lipinski definition) is 1. The van der Waals surface area contributed by atoms with Crippen LogP contribution in [-0.2, 0) is 9.59 Å². The van der Waals surface area contributed by atoms with Crippen molar-refractivity contribution in [3.63, 3.8) is 0 Å². The van der Waals surface area contributed by atoms with Gasteiger partial charge in [0.15, 0.2) is 0 Å². The number of aryl methyl sites for hydroxylation is 1.